The average Bonchev–Trinajstić information content (AvgIpc) is 2.47. The minimum atomic E-state index is 0.575. The summed E-state index contributed by atoms with van der Waals surface area (Å²) < 4.78 is 0. The topological polar surface area (TPSA) is 36.7 Å². The number of aromatic nitrogens is 1. The van der Waals surface area contributed by atoms with Gasteiger partial charge in [-0.05, 0) is 29.0 Å². The third kappa shape index (κ3) is 1.72. The van der Waals surface area contributed by atoms with Crippen LogP contribution in [0.4, 0.5) is 0 Å². The van der Waals surface area contributed by atoms with Crippen LogP contribution in [0.15, 0.2) is 54.7 Å². The molecule has 0 aliphatic carbocycles. The van der Waals surface area contributed by atoms with Gasteiger partial charge >= 0.3 is 0 Å². The summed E-state index contributed by atoms with van der Waals surface area (Å²) in [5, 5.41) is 11.0. The Morgan fingerprint density at radius 2 is 1.94 bits per heavy atom. The van der Waals surface area contributed by atoms with E-state index < -0.39 is 0 Å². The van der Waals surface area contributed by atoms with Crippen LogP contribution in [0, 0.1) is 17.4 Å². The molecule has 0 unspecified atom stereocenters. The fourth-order valence-corrected chi connectivity index (χ4v) is 1.99. The van der Waals surface area contributed by atoms with E-state index >= 15 is 0 Å². The summed E-state index contributed by atoms with van der Waals surface area (Å²) in [6, 6.07) is 20.9. The molecule has 3 aromatic rings. The fraction of sp³-hybridized carbons (Fsp3) is 0. The van der Waals surface area contributed by atoms with E-state index in [-0.39, 0.29) is 0 Å². The minimum Gasteiger partial charge on any atom is -0.255 e. The van der Waals surface area contributed by atoms with E-state index in [9.17, 15) is 0 Å². The summed E-state index contributed by atoms with van der Waals surface area (Å²) in [5.41, 5.74) is 2.51. The van der Waals surface area contributed by atoms with Gasteiger partial charge in [0.25, 0.3) is 0 Å². The molecule has 1 heterocycles. The molecule has 0 atom stereocenters. The normalized spacial score (nSPS) is 10.2. The zero-order valence-electron chi connectivity index (χ0n) is 9.59. The van der Waals surface area contributed by atoms with Crippen molar-refractivity contribution in [1.82, 2.24) is 4.98 Å². The van der Waals surface area contributed by atoms with Crippen LogP contribution in [0.1, 0.15) is 5.56 Å². The van der Waals surface area contributed by atoms with Crippen molar-refractivity contribution in [2.75, 3.05) is 0 Å². The molecule has 0 spiro atoms. The van der Waals surface area contributed by atoms with Crippen molar-refractivity contribution >= 4 is 10.8 Å². The Kier molecular flexibility index (Phi) is 2.51. The molecule has 3 rings (SSSR count). The van der Waals surface area contributed by atoms with Gasteiger partial charge in [0.1, 0.15) is 6.07 Å². The second kappa shape index (κ2) is 4.31. The Morgan fingerprint density at radius 1 is 1.06 bits per heavy atom. The molecule has 1 aromatic heterocycles. The van der Waals surface area contributed by atoms with E-state index in [4.69, 9.17) is 5.26 Å². The molecule has 2 heteroatoms. The highest BCUT2D eigenvalue weighted by Crippen LogP contribution is 2.26. The Bertz CT molecular complexity index is 732. The molecule has 1 radical (unpaired) electrons. The van der Waals surface area contributed by atoms with Crippen molar-refractivity contribution in [3.05, 3.63) is 66.4 Å². The van der Waals surface area contributed by atoms with Crippen LogP contribution in [0.25, 0.3) is 22.0 Å². The van der Waals surface area contributed by atoms with E-state index in [0.29, 0.717) is 5.56 Å². The van der Waals surface area contributed by atoms with Crippen LogP contribution in [0.5, 0.6) is 0 Å². The highest BCUT2D eigenvalue weighted by molar-refractivity contribution is 5.95. The second-order valence-corrected chi connectivity index (χ2v) is 3.98. The van der Waals surface area contributed by atoms with Gasteiger partial charge in [0.2, 0.25) is 0 Å². The largest absolute Gasteiger partial charge is 0.255 e. The van der Waals surface area contributed by atoms with Crippen LogP contribution in [-0.4, -0.2) is 4.98 Å². The lowest BCUT2D eigenvalue weighted by Gasteiger charge is -2.05. The first kappa shape index (κ1) is 10.5. The first-order valence-corrected chi connectivity index (χ1v) is 5.64. The molecule has 2 nitrogen and oxygen atoms in total. The van der Waals surface area contributed by atoms with E-state index in [1.165, 1.54) is 0 Å². The Morgan fingerprint density at radius 3 is 2.72 bits per heavy atom. The Labute approximate surface area is 105 Å². The van der Waals surface area contributed by atoms with Gasteiger partial charge in [0.15, 0.2) is 0 Å². The molecule has 0 amide bonds. The lowest BCUT2D eigenvalue weighted by atomic mass is 10.0. The third-order valence-corrected chi connectivity index (χ3v) is 2.87. The summed E-state index contributed by atoms with van der Waals surface area (Å²) in [7, 11) is 0. The molecule has 0 N–H and O–H groups in total. The highest BCUT2D eigenvalue weighted by Gasteiger charge is 2.04. The number of pyridine rings is 1. The molecule has 83 valence electrons. The maximum absolute atomic E-state index is 8.78. The molecule has 0 aliphatic rings. The van der Waals surface area contributed by atoms with Crippen LogP contribution in [0.3, 0.4) is 0 Å². The van der Waals surface area contributed by atoms with Crippen molar-refractivity contribution in [1.29, 1.82) is 5.26 Å². The molecule has 0 saturated carbocycles. The number of nitriles is 1. The quantitative estimate of drug-likeness (QED) is 0.639. The van der Waals surface area contributed by atoms with Crippen molar-refractivity contribution in [3.8, 4) is 17.3 Å². The summed E-state index contributed by atoms with van der Waals surface area (Å²) >= 11 is 0. The molecule has 0 bridgehead atoms. The van der Waals surface area contributed by atoms with Gasteiger partial charge < -0.3 is 0 Å². The lowest BCUT2D eigenvalue weighted by molar-refractivity contribution is 1.31. The van der Waals surface area contributed by atoms with Gasteiger partial charge in [-0.15, -0.1) is 0 Å². The Hall–Kier alpha value is -2.66. The van der Waals surface area contributed by atoms with Gasteiger partial charge in [-0.25, -0.2) is 0 Å². The SMILES string of the molecule is N#Cc1ccc(-c2cc[c]c3ccccc23)nc1. The number of rotatable bonds is 1. The molecule has 0 fully saturated rings. The maximum Gasteiger partial charge on any atom is 0.101 e. The van der Waals surface area contributed by atoms with E-state index in [2.05, 4.69) is 23.2 Å². The molecular weight excluding hydrogens is 220 g/mol. The average molecular weight is 229 g/mol. The summed E-state index contributed by atoms with van der Waals surface area (Å²) in [4.78, 5) is 4.33. The minimum absolute atomic E-state index is 0.575. The first-order chi connectivity index (χ1) is 8.88. The van der Waals surface area contributed by atoms with Gasteiger partial charge in [-0.1, -0.05) is 36.4 Å². The van der Waals surface area contributed by atoms with Crippen LogP contribution >= 0.6 is 0 Å². The van der Waals surface area contributed by atoms with Crippen molar-refractivity contribution < 1.29 is 0 Å². The molecule has 0 aliphatic heterocycles. The zero-order valence-corrected chi connectivity index (χ0v) is 9.59. The van der Waals surface area contributed by atoms with Gasteiger partial charge in [0, 0.05) is 11.8 Å². The fourth-order valence-electron chi connectivity index (χ4n) is 1.99. The van der Waals surface area contributed by atoms with Gasteiger partial charge in [0.05, 0.1) is 11.3 Å². The Balaban J connectivity index is 2.22. The smallest absolute Gasteiger partial charge is 0.101 e. The number of nitrogens with zero attached hydrogens (tertiary/aromatic N) is 2. The molecule has 18 heavy (non-hydrogen) atoms. The van der Waals surface area contributed by atoms with Gasteiger partial charge in [-0.2, -0.15) is 5.26 Å². The molecular formula is C16H9N2. The standard InChI is InChI=1S/C16H9N2/c17-10-12-8-9-16(18-11-12)15-7-3-5-13-4-1-2-6-14(13)15/h1-4,6-9,11H. The van der Waals surface area contributed by atoms with Gasteiger partial charge in [-0.3, -0.25) is 4.98 Å². The van der Waals surface area contributed by atoms with Crippen LogP contribution in [-0.2, 0) is 0 Å². The molecule has 2 aromatic carbocycles. The monoisotopic (exact) mass is 229 g/mol. The zero-order chi connectivity index (χ0) is 12.4. The van der Waals surface area contributed by atoms with Crippen LogP contribution in [0.2, 0.25) is 0 Å². The van der Waals surface area contributed by atoms with Crippen LogP contribution < -0.4 is 0 Å². The van der Waals surface area contributed by atoms with E-state index in [1.807, 2.05) is 36.4 Å². The first-order valence-electron chi connectivity index (χ1n) is 5.64. The predicted molar refractivity (Wildman–Crippen MR) is 70.7 cm³/mol. The summed E-state index contributed by atoms with van der Waals surface area (Å²) in [5.74, 6) is 0. The van der Waals surface area contributed by atoms with Crippen molar-refractivity contribution in [3.63, 3.8) is 0 Å². The highest BCUT2D eigenvalue weighted by atomic mass is 14.7. The van der Waals surface area contributed by atoms with E-state index in [0.717, 1.165) is 22.0 Å². The number of hydrogen-bond acceptors (Lipinski definition) is 2. The third-order valence-electron chi connectivity index (χ3n) is 2.87. The number of benzene rings is 2. The predicted octanol–water partition coefficient (Wildman–Crippen LogP) is 3.57. The maximum atomic E-state index is 8.78. The second-order valence-electron chi connectivity index (χ2n) is 3.98. The summed E-state index contributed by atoms with van der Waals surface area (Å²) in [6.07, 6.45) is 1.60. The number of hydrogen-bond donors (Lipinski definition) is 0. The van der Waals surface area contributed by atoms with E-state index in [1.54, 1.807) is 12.3 Å². The summed E-state index contributed by atoms with van der Waals surface area (Å²) in [6.45, 7) is 0. The number of fused-ring (bicyclic) bond motifs is 1. The van der Waals surface area contributed by atoms with Crippen molar-refractivity contribution in [2.24, 2.45) is 0 Å². The molecule has 0 saturated heterocycles. The lowest BCUT2D eigenvalue weighted by Crippen LogP contribution is -1.86. The van der Waals surface area contributed by atoms with Crippen molar-refractivity contribution in [2.45, 2.75) is 0 Å².